The van der Waals surface area contributed by atoms with E-state index in [-0.39, 0.29) is 38.2 Å². The van der Waals surface area contributed by atoms with Crippen molar-refractivity contribution in [3.63, 3.8) is 0 Å². The number of benzene rings is 4. The van der Waals surface area contributed by atoms with E-state index in [0.717, 1.165) is 5.41 Å². The number of aromatic hydroxyl groups is 2. The molecule has 4 N–H and O–H groups in total. The molecule has 2 heterocycles. The number of fused-ring (bicyclic) bond motifs is 2. The number of halogens is 2. The van der Waals surface area contributed by atoms with E-state index in [1.54, 1.807) is 24.3 Å². The fourth-order valence-corrected chi connectivity index (χ4v) is 8.06. The van der Waals surface area contributed by atoms with Gasteiger partial charge in [0.15, 0.2) is 9.84 Å². The van der Waals surface area contributed by atoms with Gasteiger partial charge in [-0.25, -0.2) is 16.8 Å². The summed E-state index contributed by atoms with van der Waals surface area (Å²) in [5.74, 6) is -1.72. The largest absolute Gasteiger partial charge is 0.507 e. The maximum atomic E-state index is 12.3. The lowest BCUT2D eigenvalue weighted by molar-refractivity contribution is 0.101. The summed E-state index contributed by atoms with van der Waals surface area (Å²) in [4.78, 5) is 24.7. The number of sulfone groups is 2. The Morgan fingerprint density at radius 1 is 0.761 bits per heavy atom. The molecule has 2 amide bonds. The topological polar surface area (TPSA) is 176 Å². The van der Waals surface area contributed by atoms with Gasteiger partial charge in [0.2, 0.25) is 9.84 Å². The Morgan fingerprint density at radius 3 is 1.83 bits per heavy atom. The third kappa shape index (κ3) is 6.88. The molecule has 4 aromatic carbocycles. The van der Waals surface area contributed by atoms with Crippen LogP contribution >= 0.6 is 23.2 Å². The van der Waals surface area contributed by atoms with Crippen LogP contribution in [0.1, 0.15) is 37.9 Å². The van der Waals surface area contributed by atoms with Gasteiger partial charge in [-0.15, -0.1) is 0 Å². The van der Waals surface area contributed by atoms with Gasteiger partial charge in [0.05, 0.1) is 32.8 Å². The van der Waals surface area contributed by atoms with Crippen LogP contribution in [0.25, 0.3) is 6.08 Å². The van der Waals surface area contributed by atoms with Crippen molar-refractivity contribution in [1.29, 1.82) is 0 Å². The predicted octanol–water partition coefficient (Wildman–Crippen LogP) is 5.83. The molecular formula is C31H24Cl2N2O9S2. The van der Waals surface area contributed by atoms with Crippen molar-refractivity contribution < 1.29 is 41.4 Å². The zero-order valence-corrected chi connectivity index (χ0v) is 26.8. The summed E-state index contributed by atoms with van der Waals surface area (Å²) < 4.78 is 53.1. The number of rotatable bonds is 5. The molecule has 4 aromatic rings. The van der Waals surface area contributed by atoms with E-state index < -0.39 is 37.6 Å². The van der Waals surface area contributed by atoms with E-state index in [0.29, 0.717) is 32.5 Å². The fraction of sp³-hybridized carbons (Fsp3) is 0.0968. The number of amides is 2. The zero-order chi connectivity index (χ0) is 33.4. The van der Waals surface area contributed by atoms with Crippen molar-refractivity contribution >= 4 is 72.1 Å². The number of carbonyl (C=O) groups is 2. The Bertz CT molecular complexity index is 2150. The molecule has 1 atom stereocenters. The molecule has 0 spiro atoms. The molecule has 2 aliphatic heterocycles. The Labute approximate surface area is 273 Å². The zero-order valence-electron chi connectivity index (χ0n) is 23.7. The number of phenols is 2. The van der Waals surface area contributed by atoms with Crippen LogP contribution < -0.4 is 10.6 Å². The first-order valence-corrected chi connectivity index (χ1v) is 17.2. The molecular weight excluding hydrogens is 679 g/mol. The molecule has 2 aliphatic rings. The molecule has 0 fully saturated rings. The van der Waals surface area contributed by atoms with Crippen molar-refractivity contribution in [2.75, 3.05) is 23.5 Å². The van der Waals surface area contributed by atoms with Crippen molar-refractivity contribution in [3.8, 4) is 11.5 Å². The average molecular weight is 704 g/mol. The molecule has 6 rings (SSSR count). The molecule has 0 saturated carbocycles. The summed E-state index contributed by atoms with van der Waals surface area (Å²) in [6, 6.07) is 17.4. The van der Waals surface area contributed by atoms with Gasteiger partial charge in [0, 0.05) is 39.5 Å². The molecule has 0 aliphatic carbocycles. The Kier molecular flexibility index (Phi) is 9.16. The van der Waals surface area contributed by atoms with Crippen LogP contribution in [0.5, 0.6) is 11.5 Å². The van der Waals surface area contributed by atoms with Gasteiger partial charge in [0.25, 0.3) is 11.8 Å². The minimum Gasteiger partial charge on any atom is -0.507 e. The number of ether oxygens (including phenoxy) is 1. The number of methoxy groups -OCH3 is 1. The maximum absolute atomic E-state index is 12.3. The van der Waals surface area contributed by atoms with Gasteiger partial charge in [-0.1, -0.05) is 35.3 Å². The molecule has 15 heteroatoms. The predicted molar refractivity (Wildman–Crippen MR) is 173 cm³/mol. The van der Waals surface area contributed by atoms with E-state index in [2.05, 4.69) is 10.6 Å². The highest BCUT2D eigenvalue weighted by Crippen LogP contribution is 2.37. The number of hydrogen-bond acceptors (Lipinski definition) is 9. The Balaban J connectivity index is 0.000000182. The quantitative estimate of drug-likeness (QED) is 0.199. The van der Waals surface area contributed by atoms with Gasteiger partial charge in [-0.3, -0.25) is 9.59 Å². The molecule has 11 nitrogen and oxygen atoms in total. The van der Waals surface area contributed by atoms with Crippen molar-refractivity contribution in [2.24, 2.45) is 0 Å². The Morgan fingerprint density at radius 2 is 1.28 bits per heavy atom. The summed E-state index contributed by atoms with van der Waals surface area (Å²) in [5, 5.41) is 26.3. The standard InChI is InChI=1S/C16H14ClNO5S.C15H10ClNO4S/c1-23-14-8-24(21,22)15-7-10(3-4-11(14)15)18-16(20)12-6-9(17)2-5-13(12)19;16-10-2-4-13(18)12(7-10)15(19)17-11-3-1-9-5-6-22(20,21)14(9)8-11/h2-7,14,19H,8H2,1H3,(H,18,20);1-8,18H,(H,17,19). The highest BCUT2D eigenvalue weighted by molar-refractivity contribution is 7.94. The van der Waals surface area contributed by atoms with Crippen LogP contribution in [0.4, 0.5) is 11.4 Å². The summed E-state index contributed by atoms with van der Waals surface area (Å²) in [5.41, 5.74) is 1.77. The fourth-order valence-electron chi connectivity index (χ4n) is 4.73. The van der Waals surface area contributed by atoms with E-state index in [1.165, 1.54) is 61.7 Å². The second kappa shape index (κ2) is 12.8. The third-order valence-corrected chi connectivity index (χ3v) is 10.7. The SMILES string of the molecule is COC1CS(=O)(=O)c2cc(NC(=O)c3cc(Cl)ccc3O)ccc21.O=C(Nc1ccc2c(c1)S(=O)(=O)C=C2)c1cc(Cl)ccc1O. The molecule has 1 unspecified atom stereocenters. The Hall–Kier alpha value is -4.40. The van der Waals surface area contributed by atoms with Gasteiger partial charge in [0.1, 0.15) is 11.5 Å². The van der Waals surface area contributed by atoms with E-state index in [9.17, 15) is 36.6 Å². The minimum absolute atomic E-state index is 0.000577. The summed E-state index contributed by atoms with van der Waals surface area (Å²) in [6.45, 7) is 0. The highest BCUT2D eigenvalue weighted by Gasteiger charge is 2.35. The monoisotopic (exact) mass is 702 g/mol. The normalized spacial score (nSPS) is 16.5. The number of anilines is 2. The lowest BCUT2D eigenvalue weighted by Gasteiger charge is -2.10. The molecule has 0 bridgehead atoms. The van der Waals surface area contributed by atoms with Crippen molar-refractivity contribution in [2.45, 2.75) is 15.9 Å². The second-order valence-corrected chi connectivity index (χ2v) is 14.8. The van der Waals surface area contributed by atoms with Crippen LogP contribution in [0.3, 0.4) is 0 Å². The van der Waals surface area contributed by atoms with E-state index >= 15 is 0 Å². The lowest BCUT2D eigenvalue weighted by Crippen LogP contribution is -2.12. The smallest absolute Gasteiger partial charge is 0.259 e. The van der Waals surface area contributed by atoms with Crippen LogP contribution in [0, 0.1) is 0 Å². The van der Waals surface area contributed by atoms with Crippen LogP contribution in [-0.4, -0.2) is 51.7 Å². The molecule has 0 aromatic heterocycles. The van der Waals surface area contributed by atoms with Crippen molar-refractivity contribution in [1.82, 2.24) is 0 Å². The number of hydrogen-bond donors (Lipinski definition) is 4. The van der Waals surface area contributed by atoms with Gasteiger partial charge in [-0.2, -0.15) is 0 Å². The first-order chi connectivity index (χ1) is 21.7. The number of nitrogens with one attached hydrogen (secondary N) is 2. The van der Waals surface area contributed by atoms with Gasteiger partial charge >= 0.3 is 0 Å². The lowest BCUT2D eigenvalue weighted by atomic mass is 10.1. The molecule has 0 radical (unpaired) electrons. The summed E-state index contributed by atoms with van der Waals surface area (Å²) in [6.07, 6.45) is 0.991. The summed E-state index contributed by atoms with van der Waals surface area (Å²) >= 11 is 11.6. The highest BCUT2D eigenvalue weighted by atomic mass is 35.5. The van der Waals surface area contributed by atoms with Gasteiger partial charge in [-0.05, 0) is 72.3 Å². The number of phenolic OH excluding ortho intramolecular Hbond substituents is 2. The molecule has 238 valence electrons. The van der Waals surface area contributed by atoms with Crippen LogP contribution in [-0.2, 0) is 24.4 Å². The second-order valence-electron chi connectivity index (χ2n) is 10.1. The third-order valence-electron chi connectivity index (χ3n) is 7.02. The first-order valence-electron chi connectivity index (χ1n) is 13.2. The average Bonchev–Trinajstić information content (AvgIpc) is 3.46. The minimum atomic E-state index is -3.45. The summed E-state index contributed by atoms with van der Waals surface area (Å²) in [7, 11) is -5.45. The number of carbonyl (C=O) groups excluding carboxylic acids is 2. The molecule has 46 heavy (non-hydrogen) atoms. The van der Waals surface area contributed by atoms with E-state index in [1.807, 2.05) is 0 Å². The van der Waals surface area contributed by atoms with Crippen LogP contribution in [0.15, 0.2) is 88.0 Å². The maximum Gasteiger partial charge on any atom is 0.259 e. The van der Waals surface area contributed by atoms with Gasteiger partial charge < -0.3 is 25.6 Å². The van der Waals surface area contributed by atoms with Crippen LogP contribution in [0.2, 0.25) is 10.0 Å². The molecule has 0 saturated heterocycles. The first kappa shape index (κ1) is 33.0. The van der Waals surface area contributed by atoms with Crippen molar-refractivity contribution in [3.05, 3.63) is 111 Å². The van der Waals surface area contributed by atoms with E-state index in [4.69, 9.17) is 27.9 Å².